The van der Waals surface area contributed by atoms with E-state index in [1.165, 1.54) is 0 Å². The van der Waals surface area contributed by atoms with Crippen molar-refractivity contribution < 1.29 is 9.84 Å². The SMILES string of the molecule is CC(CO)COc1c(Br)cccc1Br. The Balaban J connectivity index is 2.66. The molecule has 0 bridgehead atoms. The second-order valence-electron chi connectivity index (χ2n) is 3.15. The molecule has 4 heteroatoms. The second kappa shape index (κ2) is 5.73. The van der Waals surface area contributed by atoms with E-state index in [1.807, 2.05) is 25.1 Å². The Kier molecular flexibility index (Phi) is 4.92. The summed E-state index contributed by atoms with van der Waals surface area (Å²) in [5.41, 5.74) is 0. The summed E-state index contributed by atoms with van der Waals surface area (Å²) in [7, 11) is 0. The van der Waals surface area contributed by atoms with Gasteiger partial charge in [-0.15, -0.1) is 0 Å². The summed E-state index contributed by atoms with van der Waals surface area (Å²) in [4.78, 5) is 0. The number of hydrogen-bond acceptors (Lipinski definition) is 2. The molecule has 0 aromatic heterocycles. The van der Waals surface area contributed by atoms with Crippen LogP contribution in [0.15, 0.2) is 27.1 Å². The molecule has 14 heavy (non-hydrogen) atoms. The smallest absolute Gasteiger partial charge is 0.147 e. The summed E-state index contributed by atoms with van der Waals surface area (Å²) in [6, 6.07) is 5.77. The van der Waals surface area contributed by atoms with Crippen molar-refractivity contribution in [2.24, 2.45) is 5.92 Å². The first-order valence-electron chi connectivity index (χ1n) is 4.32. The van der Waals surface area contributed by atoms with E-state index in [0.717, 1.165) is 14.7 Å². The van der Waals surface area contributed by atoms with Gasteiger partial charge in [-0.05, 0) is 44.0 Å². The van der Waals surface area contributed by atoms with Crippen LogP contribution < -0.4 is 4.74 Å². The molecule has 0 aliphatic rings. The molecule has 0 aliphatic carbocycles. The summed E-state index contributed by atoms with van der Waals surface area (Å²) in [5.74, 6) is 0.932. The highest BCUT2D eigenvalue weighted by Crippen LogP contribution is 2.33. The molecule has 0 heterocycles. The van der Waals surface area contributed by atoms with Crippen LogP contribution >= 0.6 is 31.9 Å². The van der Waals surface area contributed by atoms with Crippen LogP contribution in [-0.4, -0.2) is 18.3 Å². The first-order valence-corrected chi connectivity index (χ1v) is 5.91. The number of ether oxygens (including phenoxy) is 1. The van der Waals surface area contributed by atoms with E-state index in [4.69, 9.17) is 9.84 Å². The minimum atomic E-state index is 0.141. The normalized spacial score (nSPS) is 12.6. The molecule has 0 saturated heterocycles. The van der Waals surface area contributed by atoms with E-state index < -0.39 is 0 Å². The average Bonchev–Trinajstić information content (AvgIpc) is 2.16. The number of halogens is 2. The van der Waals surface area contributed by atoms with Gasteiger partial charge in [0, 0.05) is 12.5 Å². The van der Waals surface area contributed by atoms with Crippen molar-refractivity contribution in [3.63, 3.8) is 0 Å². The lowest BCUT2D eigenvalue weighted by molar-refractivity contribution is 0.173. The van der Waals surface area contributed by atoms with Crippen LogP contribution in [0.3, 0.4) is 0 Å². The molecule has 1 atom stereocenters. The van der Waals surface area contributed by atoms with Gasteiger partial charge < -0.3 is 9.84 Å². The number of aliphatic hydroxyl groups is 1. The van der Waals surface area contributed by atoms with Gasteiger partial charge >= 0.3 is 0 Å². The fraction of sp³-hybridized carbons (Fsp3) is 0.400. The van der Waals surface area contributed by atoms with Gasteiger partial charge in [-0.3, -0.25) is 0 Å². The molecule has 1 aromatic carbocycles. The van der Waals surface area contributed by atoms with Gasteiger partial charge in [-0.1, -0.05) is 13.0 Å². The molecular formula is C10H12Br2O2. The third kappa shape index (κ3) is 3.26. The standard InChI is InChI=1S/C10H12Br2O2/c1-7(5-13)6-14-10-8(11)3-2-4-9(10)12/h2-4,7,13H,5-6H2,1H3. The van der Waals surface area contributed by atoms with Gasteiger partial charge in [-0.25, -0.2) is 0 Å². The predicted molar refractivity (Wildman–Crippen MR) is 63.6 cm³/mol. The summed E-state index contributed by atoms with van der Waals surface area (Å²) >= 11 is 6.80. The number of para-hydroxylation sites is 1. The van der Waals surface area contributed by atoms with E-state index >= 15 is 0 Å². The van der Waals surface area contributed by atoms with Crippen molar-refractivity contribution in [3.05, 3.63) is 27.1 Å². The van der Waals surface area contributed by atoms with Gasteiger partial charge in [-0.2, -0.15) is 0 Å². The van der Waals surface area contributed by atoms with E-state index in [1.54, 1.807) is 0 Å². The van der Waals surface area contributed by atoms with Gasteiger partial charge in [0.25, 0.3) is 0 Å². The van der Waals surface area contributed by atoms with Crippen molar-refractivity contribution >= 4 is 31.9 Å². The molecule has 0 saturated carbocycles. The Hall–Kier alpha value is -0.0600. The van der Waals surface area contributed by atoms with Gasteiger partial charge in [0.15, 0.2) is 0 Å². The summed E-state index contributed by atoms with van der Waals surface area (Å²) in [5, 5.41) is 8.85. The minimum absolute atomic E-state index is 0.141. The zero-order chi connectivity index (χ0) is 10.6. The molecule has 0 amide bonds. The molecule has 78 valence electrons. The van der Waals surface area contributed by atoms with Crippen molar-refractivity contribution in [2.45, 2.75) is 6.92 Å². The molecular weight excluding hydrogens is 312 g/mol. The number of benzene rings is 1. The van der Waals surface area contributed by atoms with Crippen LogP contribution in [-0.2, 0) is 0 Å². The zero-order valence-corrected chi connectivity index (χ0v) is 11.0. The summed E-state index contributed by atoms with van der Waals surface area (Å²) < 4.78 is 7.39. The molecule has 1 rings (SSSR count). The fourth-order valence-electron chi connectivity index (χ4n) is 0.899. The maximum absolute atomic E-state index is 8.85. The maximum atomic E-state index is 8.85. The van der Waals surface area contributed by atoms with Crippen molar-refractivity contribution in [2.75, 3.05) is 13.2 Å². The predicted octanol–water partition coefficient (Wildman–Crippen LogP) is 3.22. The quantitative estimate of drug-likeness (QED) is 0.922. The average molecular weight is 324 g/mol. The Morgan fingerprint density at radius 2 is 1.93 bits per heavy atom. The second-order valence-corrected chi connectivity index (χ2v) is 4.86. The van der Waals surface area contributed by atoms with E-state index in [9.17, 15) is 0 Å². The van der Waals surface area contributed by atoms with Crippen molar-refractivity contribution in [1.82, 2.24) is 0 Å². The van der Waals surface area contributed by atoms with E-state index in [2.05, 4.69) is 31.9 Å². The van der Waals surface area contributed by atoms with Gasteiger partial charge in [0.2, 0.25) is 0 Å². The van der Waals surface area contributed by atoms with Crippen LogP contribution in [0.25, 0.3) is 0 Å². The van der Waals surface area contributed by atoms with Gasteiger partial charge in [0.1, 0.15) is 5.75 Å². The lowest BCUT2D eigenvalue weighted by Crippen LogP contribution is -2.12. The topological polar surface area (TPSA) is 29.5 Å². The Labute approximate surface area is 101 Å². The highest BCUT2D eigenvalue weighted by Gasteiger charge is 2.07. The lowest BCUT2D eigenvalue weighted by atomic mass is 10.2. The van der Waals surface area contributed by atoms with Crippen LogP contribution in [0.5, 0.6) is 5.75 Å². The number of rotatable bonds is 4. The Bertz CT molecular complexity index is 282. The molecule has 1 unspecified atom stereocenters. The Morgan fingerprint density at radius 3 is 2.43 bits per heavy atom. The maximum Gasteiger partial charge on any atom is 0.147 e. The Morgan fingerprint density at radius 1 is 1.36 bits per heavy atom. The first kappa shape index (κ1) is 12.0. The highest BCUT2D eigenvalue weighted by molar-refractivity contribution is 9.11. The third-order valence-electron chi connectivity index (χ3n) is 1.74. The monoisotopic (exact) mass is 322 g/mol. The molecule has 0 fully saturated rings. The van der Waals surface area contributed by atoms with E-state index in [0.29, 0.717) is 6.61 Å². The van der Waals surface area contributed by atoms with Crippen LogP contribution in [0.2, 0.25) is 0 Å². The number of aliphatic hydroxyl groups excluding tert-OH is 1. The summed E-state index contributed by atoms with van der Waals surface area (Å²) in [6.45, 7) is 2.59. The van der Waals surface area contributed by atoms with Crippen molar-refractivity contribution in [1.29, 1.82) is 0 Å². The molecule has 0 spiro atoms. The highest BCUT2D eigenvalue weighted by atomic mass is 79.9. The molecule has 0 radical (unpaired) electrons. The first-order chi connectivity index (χ1) is 6.65. The minimum Gasteiger partial charge on any atom is -0.491 e. The molecule has 2 nitrogen and oxygen atoms in total. The van der Waals surface area contributed by atoms with Crippen molar-refractivity contribution in [3.8, 4) is 5.75 Å². The third-order valence-corrected chi connectivity index (χ3v) is 2.99. The lowest BCUT2D eigenvalue weighted by Gasteiger charge is -2.12. The molecule has 1 N–H and O–H groups in total. The van der Waals surface area contributed by atoms with Crippen LogP contribution in [0.4, 0.5) is 0 Å². The molecule has 1 aromatic rings. The zero-order valence-electron chi connectivity index (χ0n) is 7.84. The van der Waals surface area contributed by atoms with E-state index in [-0.39, 0.29) is 12.5 Å². The van der Waals surface area contributed by atoms with Crippen LogP contribution in [0, 0.1) is 5.92 Å². The summed E-state index contributed by atoms with van der Waals surface area (Å²) in [6.07, 6.45) is 0. The molecule has 0 aliphatic heterocycles. The van der Waals surface area contributed by atoms with Gasteiger partial charge in [0.05, 0.1) is 15.6 Å². The fourth-order valence-corrected chi connectivity index (χ4v) is 2.13. The largest absolute Gasteiger partial charge is 0.491 e. The van der Waals surface area contributed by atoms with Crippen LogP contribution in [0.1, 0.15) is 6.92 Å². The number of hydrogen-bond donors (Lipinski definition) is 1.